The van der Waals surface area contributed by atoms with Gasteiger partial charge in [-0.3, -0.25) is 4.79 Å². The third-order valence-electron chi connectivity index (χ3n) is 3.58. The minimum atomic E-state index is -0.0278. The van der Waals surface area contributed by atoms with Crippen LogP contribution < -0.4 is 5.32 Å². The second kappa shape index (κ2) is 5.50. The van der Waals surface area contributed by atoms with E-state index in [0.717, 1.165) is 13.1 Å². The molecular formula is C12H23NO2. The molecule has 2 unspecified atom stereocenters. The maximum Gasteiger partial charge on any atom is 0.310 e. The summed E-state index contributed by atoms with van der Waals surface area (Å²) >= 11 is 0. The Morgan fingerprint density at radius 1 is 1.40 bits per heavy atom. The fourth-order valence-corrected chi connectivity index (χ4v) is 2.25. The summed E-state index contributed by atoms with van der Waals surface area (Å²) in [5, 5.41) is 3.30. The van der Waals surface area contributed by atoms with Crippen molar-refractivity contribution in [3.05, 3.63) is 0 Å². The van der Waals surface area contributed by atoms with Gasteiger partial charge >= 0.3 is 5.97 Å². The van der Waals surface area contributed by atoms with Crippen molar-refractivity contribution < 1.29 is 9.53 Å². The van der Waals surface area contributed by atoms with Crippen molar-refractivity contribution in [3.8, 4) is 0 Å². The Morgan fingerprint density at radius 2 is 2.07 bits per heavy atom. The van der Waals surface area contributed by atoms with Gasteiger partial charge < -0.3 is 10.1 Å². The van der Waals surface area contributed by atoms with Gasteiger partial charge in [0.1, 0.15) is 0 Å². The quantitative estimate of drug-likeness (QED) is 0.722. The van der Waals surface area contributed by atoms with E-state index in [9.17, 15) is 4.79 Å². The van der Waals surface area contributed by atoms with Crippen molar-refractivity contribution in [2.75, 3.05) is 19.7 Å². The molecule has 0 spiro atoms. The zero-order valence-corrected chi connectivity index (χ0v) is 10.2. The molecule has 0 bridgehead atoms. The average Bonchev–Trinajstić information content (AvgIpc) is 2.65. The van der Waals surface area contributed by atoms with E-state index in [4.69, 9.17) is 4.74 Å². The van der Waals surface area contributed by atoms with Crippen LogP contribution in [0.2, 0.25) is 0 Å². The Morgan fingerprint density at radius 3 is 2.60 bits per heavy atom. The van der Waals surface area contributed by atoms with Gasteiger partial charge in [-0.25, -0.2) is 0 Å². The summed E-state index contributed by atoms with van der Waals surface area (Å²) in [6, 6.07) is 0. The lowest BCUT2D eigenvalue weighted by Gasteiger charge is -2.26. The molecule has 1 N–H and O–H groups in total. The highest BCUT2D eigenvalue weighted by Crippen LogP contribution is 2.30. The molecule has 3 atom stereocenters. The van der Waals surface area contributed by atoms with Gasteiger partial charge in [-0.1, -0.05) is 20.8 Å². The van der Waals surface area contributed by atoms with Gasteiger partial charge in [0.05, 0.1) is 12.5 Å². The summed E-state index contributed by atoms with van der Waals surface area (Å²) in [7, 11) is 0. The maximum atomic E-state index is 11.7. The van der Waals surface area contributed by atoms with E-state index in [2.05, 4.69) is 26.1 Å². The van der Waals surface area contributed by atoms with E-state index in [1.165, 1.54) is 0 Å². The summed E-state index contributed by atoms with van der Waals surface area (Å²) in [5.74, 6) is 1.65. The lowest BCUT2D eigenvalue weighted by Crippen LogP contribution is -2.30. The van der Waals surface area contributed by atoms with Crippen LogP contribution in [0.3, 0.4) is 0 Å². The van der Waals surface area contributed by atoms with Gasteiger partial charge in [0.15, 0.2) is 0 Å². The zero-order chi connectivity index (χ0) is 11.4. The number of carbonyl (C=O) groups excluding carboxylic acids is 1. The molecule has 3 nitrogen and oxygen atoms in total. The Labute approximate surface area is 92.6 Å². The van der Waals surface area contributed by atoms with Crippen molar-refractivity contribution in [2.24, 2.45) is 23.7 Å². The van der Waals surface area contributed by atoms with E-state index in [-0.39, 0.29) is 11.9 Å². The molecule has 3 heteroatoms. The second-order valence-corrected chi connectivity index (χ2v) is 4.78. The minimum Gasteiger partial charge on any atom is -0.466 e. The summed E-state index contributed by atoms with van der Waals surface area (Å²) < 4.78 is 5.11. The smallest absolute Gasteiger partial charge is 0.310 e. The molecule has 1 saturated heterocycles. The molecule has 0 aromatic heterocycles. The number of esters is 1. The highest BCUT2D eigenvalue weighted by Gasteiger charge is 2.37. The van der Waals surface area contributed by atoms with Crippen LogP contribution in [0.5, 0.6) is 0 Å². The summed E-state index contributed by atoms with van der Waals surface area (Å²) in [5.41, 5.74) is 0. The zero-order valence-electron chi connectivity index (χ0n) is 10.2. The average molecular weight is 213 g/mol. The second-order valence-electron chi connectivity index (χ2n) is 4.78. The van der Waals surface area contributed by atoms with Gasteiger partial charge in [-0.2, -0.15) is 0 Å². The molecule has 0 aromatic carbocycles. The summed E-state index contributed by atoms with van der Waals surface area (Å²) in [6.45, 7) is 10.7. The Balaban J connectivity index is 2.60. The Kier molecular flexibility index (Phi) is 4.58. The predicted molar refractivity (Wildman–Crippen MR) is 60.5 cm³/mol. The predicted octanol–water partition coefficient (Wildman–Crippen LogP) is 1.68. The Hall–Kier alpha value is -0.570. The standard InChI is InChI=1S/C12H23NO2/c1-5-15-12(14)11-7-13-6-10(11)9(4)8(2)3/h8-11,13H,5-7H2,1-4H3/t9?,10-,11?/m0/s1. The van der Waals surface area contributed by atoms with Crippen LogP contribution in [0.25, 0.3) is 0 Å². The lowest BCUT2D eigenvalue weighted by molar-refractivity contribution is -0.149. The van der Waals surface area contributed by atoms with Crippen molar-refractivity contribution in [1.82, 2.24) is 5.32 Å². The summed E-state index contributed by atoms with van der Waals surface area (Å²) in [4.78, 5) is 11.7. The van der Waals surface area contributed by atoms with Crippen LogP contribution in [-0.2, 0) is 9.53 Å². The van der Waals surface area contributed by atoms with Gasteiger partial charge in [-0.05, 0) is 31.2 Å². The van der Waals surface area contributed by atoms with E-state index in [0.29, 0.717) is 24.4 Å². The van der Waals surface area contributed by atoms with Gasteiger partial charge in [0, 0.05) is 6.54 Å². The topological polar surface area (TPSA) is 38.3 Å². The molecular weight excluding hydrogens is 190 g/mol. The summed E-state index contributed by atoms with van der Waals surface area (Å²) in [6.07, 6.45) is 0. The lowest BCUT2D eigenvalue weighted by atomic mass is 9.79. The maximum absolute atomic E-state index is 11.7. The third kappa shape index (κ3) is 2.94. The monoisotopic (exact) mass is 213 g/mol. The Bertz CT molecular complexity index is 216. The number of ether oxygens (including phenoxy) is 1. The molecule has 0 aromatic rings. The van der Waals surface area contributed by atoms with E-state index < -0.39 is 0 Å². The molecule has 1 rings (SSSR count). The van der Waals surface area contributed by atoms with E-state index in [1.54, 1.807) is 0 Å². The van der Waals surface area contributed by atoms with Crippen molar-refractivity contribution >= 4 is 5.97 Å². The molecule has 88 valence electrons. The molecule has 15 heavy (non-hydrogen) atoms. The molecule has 0 saturated carbocycles. The largest absolute Gasteiger partial charge is 0.466 e. The van der Waals surface area contributed by atoms with Crippen molar-refractivity contribution in [1.29, 1.82) is 0 Å². The molecule has 0 aliphatic carbocycles. The van der Waals surface area contributed by atoms with Crippen LogP contribution in [0.4, 0.5) is 0 Å². The number of rotatable bonds is 4. The molecule has 0 radical (unpaired) electrons. The van der Waals surface area contributed by atoms with E-state index >= 15 is 0 Å². The first-order chi connectivity index (χ1) is 7.07. The van der Waals surface area contributed by atoms with Crippen LogP contribution >= 0.6 is 0 Å². The van der Waals surface area contributed by atoms with Crippen molar-refractivity contribution in [3.63, 3.8) is 0 Å². The van der Waals surface area contributed by atoms with Gasteiger partial charge in [0.2, 0.25) is 0 Å². The fraction of sp³-hybridized carbons (Fsp3) is 0.917. The van der Waals surface area contributed by atoms with E-state index in [1.807, 2.05) is 6.92 Å². The third-order valence-corrected chi connectivity index (χ3v) is 3.58. The van der Waals surface area contributed by atoms with Crippen molar-refractivity contribution in [2.45, 2.75) is 27.7 Å². The molecule has 1 fully saturated rings. The van der Waals surface area contributed by atoms with Gasteiger partial charge in [0.25, 0.3) is 0 Å². The molecule has 1 aliphatic rings. The fourth-order valence-electron chi connectivity index (χ4n) is 2.25. The first kappa shape index (κ1) is 12.5. The van der Waals surface area contributed by atoms with Crippen LogP contribution in [0.15, 0.2) is 0 Å². The first-order valence-electron chi connectivity index (χ1n) is 5.95. The molecule has 1 heterocycles. The normalized spacial score (nSPS) is 28.1. The first-order valence-corrected chi connectivity index (χ1v) is 5.95. The van der Waals surface area contributed by atoms with Crippen LogP contribution in [0, 0.1) is 23.7 Å². The van der Waals surface area contributed by atoms with Crippen LogP contribution in [-0.4, -0.2) is 25.7 Å². The highest BCUT2D eigenvalue weighted by atomic mass is 16.5. The number of hydrogen-bond acceptors (Lipinski definition) is 3. The molecule has 1 aliphatic heterocycles. The minimum absolute atomic E-state index is 0.0278. The van der Waals surface area contributed by atoms with Gasteiger partial charge in [-0.15, -0.1) is 0 Å². The molecule has 0 amide bonds. The van der Waals surface area contributed by atoms with Crippen LogP contribution in [0.1, 0.15) is 27.7 Å². The SMILES string of the molecule is CCOC(=O)C1CNC[C@H]1C(C)C(C)C. The number of carbonyl (C=O) groups is 1. The number of nitrogens with one attached hydrogen (secondary N) is 1. The number of hydrogen-bond donors (Lipinski definition) is 1. The highest BCUT2D eigenvalue weighted by molar-refractivity contribution is 5.73.